The first-order valence-electron chi connectivity index (χ1n) is 8.32. The molecule has 136 valence electrons. The van der Waals surface area contributed by atoms with E-state index in [1.165, 1.54) is 12.0 Å². The highest BCUT2D eigenvalue weighted by Gasteiger charge is 2.35. The van der Waals surface area contributed by atoms with Crippen LogP contribution in [0.1, 0.15) is 35.7 Å². The molecule has 6 heteroatoms. The van der Waals surface area contributed by atoms with Gasteiger partial charge in [-0.1, -0.05) is 13.0 Å². The van der Waals surface area contributed by atoms with Gasteiger partial charge in [-0.3, -0.25) is 4.79 Å². The van der Waals surface area contributed by atoms with Crippen LogP contribution in [0.2, 0.25) is 0 Å². The average Bonchev–Trinajstić information content (AvgIpc) is 2.60. The minimum absolute atomic E-state index is 0.284. The molecule has 1 aliphatic heterocycles. The van der Waals surface area contributed by atoms with E-state index in [0.29, 0.717) is 36.4 Å². The first-order valence-corrected chi connectivity index (χ1v) is 8.32. The van der Waals surface area contributed by atoms with Crippen molar-refractivity contribution in [1.82, 2.24) is 4.90 Å². The lowest BCUT2D eigenvalue weighted by Gasteiger charge is -2.36. The highest BCUT2D eigenvalue weighted by atomic mass is 16.5. The molecule has 1 amide bonds. The highest BCUT2D eigenvalue weighted by molar-refractivity contribution is 5.97. The van der Waals surface area contributed by atoms with Crippen molar-refractivity contribution in [2.45, 2.75) is 32.2 Å². The number of ether oxygens (including phenoxy) is 2. The van der Waals surface area contributed by atoms with Crippen LogP contribution in [0, 0.1) is 5.92 Å². The van der Waals surface area contributed by atoms with Gasteiger partial charge in [0.25, 0.3) is 5.91 Å². The molecule has 0 bridgehead atoms. The number of methoxy groups -OCH3 is 2. The number of likely N-dealkylation sites (tertiary alicyclic amines) is 1. The molecule has 1 N–H and O–H groups in total. The molecule has 0 aliphatic carbocycles. The molecule has 2 rings (SSSR count). The van der Waals surface area contributed by atoms with Crippen LogP contribution in [0.4, 0.5) is 0 Å². The van der Waals surface area contributed by atoms with Crippen LogP contribution >= 0.6 is 0 Å². The molecule has 1 aliphatic rings. The molecule has 0 radical (unpaired) electrons. The number of piperidine rings is 1. The number of carbonyl (C=O) groups is 2. The van der Waals surface area contributed by atoms with Gasteiger partial charge in [-0.2, -0.15) is 0 Å². The number of carboxylic acids is 1. The normalized spacial score (nSPS) is 20.0. The van der Waals surface area contributed by atoms with Gasteiger partial charge in [0.15, 0.2) is 11.5 Å². The Morgan fingerprint density at radius 3 is 2.64 bits per heavy atom. The first kappa shape index (κ1) is 18.8. The molecule has 25 heavy (non-hydrogen) atoms. The van der Waals surface area contributed by atoms with Crippen LogP contribution in [-0.4, -0.2) is 48.7 Å². The third-order valence-electron chi connectivity index (χ3n) is 4.58. The molecule has 1 heterocycles. The van der Waals surface area contributed by atoms with E-state index in [1.54, 1.807) is 25.3 Å². The number of hydrogen-bond acceptors (Lipinski definition) is 4. The Balaban J connectivity index is 2.42. The topological polar surface area (TPSA) is 76.1 Å². The van der Waals surface area contributed by atoms with Crippen LogP contribution in [-0.2, 0) is 11.2 Å². The fraction of sp³-hybridized carbons (Fsp3) is 0.474. The predicted molar refractivity (Wildman–Crippen MR) is 94.3 cm³/mol. The van der Waals surface area contributed by atoms with Crippen LogP contribution < -0.4 is 9.47 Å². The number of rotatable bonds is 6. The van der Waals surface area contributed by atoms with Gasteiger partial charge in [-0.15, -0.1) is 6.58 Å². The Morgan fingerprint density at radius 1 is 1.36 bits per heavy atom. The maximum Gasteiger partial charge on any atom is 0.326 e. The molecule has 0 saturated carbocycles. The van der Waals surface area contributed by atoms with E-state index in [-0.39, 0.29) is 11.8 Å². The fourth-order valence-electron chi connectivity index (χ4n) is 3.26. The molecule has 1 aromatic carbocycles. The minimum Gasteiger partial charge on any atom is -0.493 e. The smallest absolute Gasteiger partial charge is 0.326 e. The molecule has 6 nitrogen and oxygen atoms in total. The first-order chi connectivity index (χ1) is 11.9. The summed E-state index contributed by atoms with van der Waals surface area (Å²) in [4.78, 5) is 26.0. The maximum absolute atomic E-state index is 13.0. The molecular formula is C19H25NO5. The zero-order valence-corrected chi connectivity index (χ0v) is 14.9. The Hall–Kier alpha value is -2.50. The van der Waals surface area contributed by atoms with Gasteiger partial charge in [0.1, 0.15) is 6.04 Å². The Bertz CT molecular complexity index is 670. The number of allylic oxidation sites excluding steroid dienone is 1. The summed E-state index contributed by atoms with van der Waals surface area (Å²) >= 11 is 0. The van der Waals surface area contributed by atoms with Crippen LogP contribution in [0.3, 0.4) is 0 Å². The standard InChI is InChI=1S/C19H25NO5/c1-5-6-13-10-14(11-16(24-3)17(13)25-4)18(21)20-8-7-12(2)9-15(20)19(22)23/h5,10-12,15H,1,6-9H2,2-4H3,(H,22,23). The van der Waals surface area contributed by atoms with Gasteiger partial charge in [-0.25, -0.2) is 4.79 Å². The summed E-state index contributed by atoms with van der Waals surface area (Å²) in [7, 11) is 3.05. The largest absolute Gasteiger partial charge is 0.493 e. The number of amides is 1. The maximum atomic E-state index is 13.0. The van der Waals surface area contributed by atoms with Crippen molar-refractivity contribution < 1.29 is 24.2 Å². The van der Waals surface area contributed by atoms with Crippen molar-refractivity contribution in [2.24, 2.45) is 5.92 Å². The van der Waals surface area contributed by atoms with Crippen LogP contribution in [0.5, 0.6) is 11.5 Å². The number of hydrogen-bond donors (Lipinski definition) is 1. The van der Waals surface area contributed by atoms with E-state index < -0.39 is 12.0 Å². The van der Waals surface area contributed by atoms with Gasteiger partial charge >= 0.3 is 5.97 Å². The zero-order chi connectivity index (χ0) is 18.6. The quantitative estimate of drug-likeness (QED) is 0.801. The van der Waals surface area contributed by atoms with E-state index in [4.69, 9.17) is 9.47 Å². The fourth-order valence-corrected chi connectivity index (χ4v) is 3.26. The minimum atomic E-state index is -0.966. The van der Waals surface area contributed by atoms with Crippen LogP contribution in [0.15, 0.2) is 24.8 Å². The number of nitrogens with zero attached hydrogens (tertiary/aromatic N) is 1. The van der Waals surface area contributed by atoms with Crippen molar-refractivity contribution >= 4 is 11.9 Å². The van der Waals surface area contributed by atoms with E-state index in [9.17, 15) is 14.7 Å². The SMILES string of the molecule is C=CCc1cc(C(=O)N2CCC(C)CC2C(=O)O)cc(OC)c1OC. The molecule has 1 fully saturated rings. The summed E-state index contributed by atoms with van der Waals surface area (Å²) in [5, 5.41) is 9.49. The molecule has 1 aromatic rings. The van der Waals surface area contributed by atoms with Gasteiger partial charge in [0.2, 0.25) is 0 Å². The van der Waals surface area contributed by atoms with Gasteiger partial charge < -0.3 is 19.5 Å². The van der Waals surface area contributed by atoms with Gasteiger partial charge in [-0.05, 0) is 37.3 Å². The van der Waals surface area contributed by atoms with Crippen molar-refractivity contribution in [3.05, 3.63) is 35.9 Å². The second-order valence-corrected chi connectivity index (χ2v) is 6.35. The third-order valence-corrected chi connectivity index (χ3v) is 4.58. The second kappa shape index (κ2) is 8.05. The lowest BCUT2D eigenvalue weighted by atomic mass is 9.91. The summed E-state index contributed by atoms with van der Waals surface area (Å²) in [6, 6.07) is 2.53. The summed E-state index contributed by atoms with van der Waals surface area (Å²) in [5.74, 6) is 0.0209. The third kappa shape index (κ3) is 3.95. The van der Waals surface area contributed by atoms with E-state index in [2.05, 4.69) is 6.58 Å². The number of carboxylic acid groups (broad SMARTS) is 1. The van der Waals surface area contributed by atoms with Crippen molar-refractivity contribution in [1.29, 1.82) is 0 Å². The molecule has 1 saturated heterocycles. The van der Waals surface area contributed by atoms with Crippen molar-refractivity contribution in [3.63, 3.8) is 0 Å². The summed E-state index contributed by atoms with van der Waals surface area (Å²) in [6.07, 6.45) is 3.49. The summed E-state index contributed by atoms with van der Waals surface area (Å²) < 4.78 is 10.7. The monoisotopic (exact) mass is 347 g/mol. The summed E-state index contributed by atoms with van der Waals surface area (Å²) in [6.45, 7) is 6.17. The zero-order valence-electron chi connectivity index (χ0n) is 14.9. The Labute approximate surface area is 148 Å². The molecule has 0 aromatic heterocycles. The number of carbonyl (C=O) groups excluding carboxylic acids is 1. The van der Waals surface area contributed by atoms with E-state index in [0.717, 1.165) is 12.0 Å². The van der Waals surface area contributed by atoms with Gasteiger partial charge in [0.05, 0.1) is 14.2 Å². The van der Waals surface area contributed by atoms with Crippen LogP contribution in [0.25, 0.3) is 0 Å². The van der Waals surface area contributed by atoms with Crippen molar-refractivity contribution in [3.8, 4) is 11.5 Å². The van der Waals surface area contributed by atoms with E-state index >= 15 is 0 Å². The lowest BCUT2D eigenvalue weighted by Crippen LogP contribution is -2.49. The highest BCUT2D eigenvalue weighted by Crippen LogP contribution is 2.34. The summed E-state index contributed by atoms with van der Waals surface area (Å²) in [5.41, 5.74) is 1.17. The lowest BCUT2D eigenvalue weighted by molar-refractivity contribution is -0.144. The molecule has 2 unspecified atom stereocenters. The molecule has 2 atom stereocenters. The predicted octanol–water partition coefficient (Wildman–Crippen LogP) is 2.76. The Morgan fingerprint density at radius 2 is 2.08 bits per heavy atom. The van der Waals surface area contributed by atoms with Gasteiger partial charge in [0, 0.05) is 17.7 Å². The van der Waals surface area contributed by atoms with E-state index in [1.807, 2.05) is 6.92 Å². The van der Waals surface area contributed by atoms with Crippen molar-refractivity contribution in [2.75, 3.05) is 20.8 Å². The average molecular weight is 347 g/mol. The molecule has 0 spiro atoms. The number of benzene rings is 1. The second-order valence-electron chi connectivity index (χ2n) is 6.35. The molecular weight excluding hydrogens is 322 g/mol. The Kier molecular flexibility index (Phi) is 6.07. The number of aliphatic carboxylic acids is 1.